The topological polar surface area (TPSA) is 98.1 Å². The molecule has 0 unspecified atom stereocenters. The Morgan fingerprint density at radius 1 is 1.29 bits per heavy atom. The fourth-order valence-electron chi connectivity index (χ4n) is 4.52. The second kappa shape index (κ2) is 6.45. The number of fused-ring (bicyclic) bond motifs is 1. The molecule has 2 fully saturated rings. The summed E-state index contributed by atoms with van der Waals surface area (Å²) >= 11 is 0. The van der Waals surface area contributed by atoms with Crippen LogP contribution in [0.5, 0.6) is 0 Å². The van der Waals surface area contributed by atoms with E-state index in [4.69, 9.17) is 4.84 Å². The van der Waals surface area contributed by atoms with E-state index in [9.17, 15) is 8.42 Å². The SMILES string of the molecule is CCn1ncc2c(NC3CCCCC3)c(C3=CC4(CS(=O)(=O)C4)ON3)cnc21. The van der Waals surface area contributed by atoms with E-state index in [0.717, 1.165) is 47.4 Å². The fraction of sp³-hybridized carbons (Fsp3) is 0.579. The molecule has 2 aliphatic heterocycles. The number of nitrogens with one attached hydrogen (secondary N) is 2. The molecular formula is C19H25N5O3S. The van der Waals surface area contributed by atoms with Crippen molar-refractivity contribution in [1.82, 2.24) is 20.2 Å². The molecule has 0 radical (unpaired) electrons. The summed E-state index contributed by atoms with van der Waals surface area (Å²) in [5.41, 5.74) is 5.72. The zero-order chi connectivity index (χ0) is 19.4. The molecule has 28 heavy (non-hydrogen) atoms. The molecule has 1 aliphatic carbocycles. The number of hydroxylamine groups is 1. The third kappa shape index (κ3) is 2.97. The number of rotatable bonds is 4. The number of aryl methyl sites for hydroxylation is 1. The van der Waals surface area contributed by atoms with Crippen LogP contribution in [0.25, 0.3) is 16.7 Å². The number of hydrogen-bond acceptors (Lipinski definition) is 7. The first-order valence-electron chi connectivity index (χ1n) is 9.97. The lowest BCUT2D eigenvalue weighted by Crippen LogP contribution is -2.54. The van der Waals surface area contributed by atoms with Crippen LogP contribution in [0.4, 0.5) is 5.69 Å². The van der Waals surface area contributed by atoms with Crippen LogP contribution in [-0.2, 0) is 21.2 Å². The first-order valence-corrected chi connectivity index (χ1v) is 11.8. The lowest BCUT2D eigenvalue weighted by atomic mass is 9.94. The maximum atomic E-state index is 11.7. The second-order valence-electron chi connectivity index (χ2n) is 8.08. The molecule has 4 heterocycles. The Morgan fingerprint density at radius 2 is 2.07 bits per heavy atom. The first-order chi connectivity index (χ1) is 13.5. The van der Waals surface area contributed by atoms with Crippen LogP contribution in [-0.4, -0.2) is 46.3 Å². The van der Waals surface area contributed by atoms with Crippen molar-refractivity contribution in [2.24, 2.45) is 0 Å². The highest BCUT2D eigenvalue weighted by molar-refractivity contribution is 7.93. The monoisotopic (exact) mass is 403 g/mol. The minimum Gasteiger partial charge on any atom is -0.381 e. The van der Waals surface area contributed by atoms with E-state index < -0.39 is 15.4 Å². The van der Waals surface area contributed by atoms with Gasteiger partial charge in [-0.2, -0.15) is 5.10 Å². The van der Waals surface area contributed by atoms with Gasteiger partial charge in [-0.1, -0.05) is 19.3 Å². The Morgan fingerprint density at radius 3 is 2.79 bits per heavy atom. The number of pyridine rings is 1. The summed E-state index contributed by atoms with van der Waals surface area (Å²) in [5, 5.41) is 9.19. The van der Waals surface area contributed by atoms with Crippen LogP contribution in [0.2, 0.25) is 0 Å². The van der Waals surface area contributed by atoms with Crippen molar-refractivity contribution < 1.29 is 13.3 Å². The lowest BCUT2D eigenvalue weighted by Gasteiger charge is -2.33. The first kappa shape index (κ1) is 17.9. The molecule has 8 nitrogen and oxygen atoms in total. The van der Waals surface area contributed by atoms with Gasteiger partial charge in [-0.25, -0.2) is 18.1 Å². The molecule has 2 aromatic rings. The Kier molecular flexibility index (Phi) is 4.13. The van der Waals surface area contributed by atoms with Gasteiger partial charge >= 0.3 is 0 Å². The van der Waals surface area contributed by atoms with E-state index in [1.54, 1.807) is 0 Å². The number of anilines is 1. The minimum atomic E-state index is -3.00. The van der Waals surface area contributed by atoms with Crippen LogP contribution in [0.15, 0.2) is 18.5 Å². The van der Waals surface area contributed by atoms with Crippen molar-refractivity contribution in [3.63, 3.8) is 0 Å². The van der Waals surface area contributed by atoms with Crippen molar-refractivity contribution in [3.8, 4) is 0 Å². The van der Waals surface area contributed by atoms with Gasteiger partial charge in [0, 0.05) is 24.3 Å². The normalized spacial score (nSPS) is 23.4. The quantitative estimate of drug-likeness (QED) is 0.808. The molecule has 9 heteroatoms. The average molecular weight is 404 g/mol. The fourth-order valence-corrected chi connectivity index (χ4v) is 6.21. The maximum Gasteiger partial charge on any atom is 0.159 e. The number of aromatic nitrogens is 3. The van der Waals surface area contributed by atoms with Gasteiger partial charge in [-0.15, -0.1) is 0 Å². The lowest BCUT2D eigenvalue weighted by molar-refractivity contribution is -0.0133. The predicted molar refractivity (Wildman–Crippen MR) is 107 cm³/mol. The third-order valence-corrected chi connectivity index (χ3v) is 7.77. The Hall–Kier alpha value is -2.13. The Balaban J connectivity index is 1.56. The summed E-state index contributed by atoms with van der Waals surface area (Å²) in [7, 11) is -3.00. The van der Waals surface area contributed by atoms with Gasteiger partial charge in [0.2, 0.25) is 0 Å². The largest absolute Gasteiger partial charge is 0.381 e. The third-order valence-electron chi connectivity index (χ3n) is 5.91. The van der Waals surface area contributed by atoms with Crippen LogP contribution < -0.4 is 10.8 Å². The summed E-state index contributed by atoms with van der Waals surface area (Å²) in [4.78, 5) is 10.3. The standard InChI is InChI=1S/C19H25N5O3S/c1-2-24-18-15(10-21-24)17(22-13-6-4-3-5-7-13)14(9-20-18)16-8-19(27-23-16)11-28(25,26)12-19/h8-10,13,23H,2-7,11-12H2,1H3,(H,20,22). The molecule has 1 saturated carbocycles. The van der Waals surface area contributed by atoms with E-state index in [-0.39, 0.29) is 11.5 Å². The van der Waals surface area contributed by atoms with Gasteiger partial charge in [0.15, 0.2) is 15.5 Å². The molecule has 1 saturated heterocycles. The predicted octanol–water partition coefficient (Wildman–Crippen LogP) is 2.24. The molecule has 2 aromatic heterocycles. The van der Waals surface area contributed by atoms with Gasteiger partial charge in [0.05, 0.1) is 34.5 Å². The van der Waals surface area contributed by atoms with Crippen molar-refractivity contribution in [2.45, 2.75) is 57.2 Å². The highest BCUT2D eigenvalue weighted by atomic mass is 32.2. The summed E-state index contributed by atoms with van der Waals surface area (Å²) in [6, 6.07) is 0.420. The summed E-state index contributed by atoms with van der Waals surface area (Å²) in [5.74, 6) is 0.0383. The smallest absolute Gasteiger partial charge is 0.159 e. The van der Waals surface area contributed by atoms with E-state index >= 15 is 0 Å². The van der Waals surface area contributed by atoms with Crippen LogP contribution in [0.1, 0.15) is 44.6 Å². The van der Waals surface area contributed by atoms with Gasteiger partial charge in [-0.05, 0) is 25.8 Å². The van der Waals surface area contributed by atoms with E-state index in [1.165, 1.54) is 19.3 Å². The summed E-state index contributed by atoms with van der Waals surface area (Å²) in [6.45, 7) is 2.80. The van der Waals surface area contributed by atoms with Gasteiger partial charge in [0.1, 0.15) is 5.60 Å². The number of nitrogens with zero attached hydrogens (tertiary/aromatic N) is 3. The Bertz CT molecular complexity index is 1040. The maximum absolute atomic E-state index is 11.7. The molecule has 150 valence electrons. The van der Waals surface area contributed by atoms with Gasteiger partial charge < -0.3 is 5.32 Å². The molecule has 3 aliphatic rings. The Labute approximate surface area is 164 Å². The van der Waals surface area contributed by atoms with Gasteiger partial charge in [-0.3, -0.25) is 10.3 Å². The minimum absolute atomic E-state index is 0.0192. The van der Waals surface area contributed by atoms with E-state index in [2.05, 4.69) is 20.9 Å². The molecule has 5 rings (SSSR count). The van der Waals surface area contributed by atoms with Crippen molar-refractivity contribution in [1.29, 1.82) is 0 Å². The highest BCUT2D eigenvalue weighted by Crippen LogP contribution is 2.39. The van der Waals surface area contributed by atoms with Gasteiger partial charge in [0.25, 0.3) is 0 Å². The molecule has 2 N–H and O–H groups in total. The van der Waals surface area contributed by atoms with E-state index in [1.807, 2.05) is 30.1 Å². The van der Waals surface area contributed by atoms with Crippen molar-refractivity contribution in [2.75, 3.05) is 16.8 Å². The molecule has 0 atom stereocenters. The van der Waals surface area contributed by atoms with Crippen molar-refractivity contribution >= 4 is 32.3 Å². The number of hydrogen-bond donors (Lipinski definition) is 2. The summed E-state index contributed by atoms with van der Waals surface area (Å²) < 4.78 is 25.2. The van der Waals surface area contributed by atoms with Crippen molar-refractivity contribution in [3.05, 3.63) is 24.0 Å². The summed E-state index contributed by atoms with van der Waals surface area (Å²) in [6.07, 6.45) is 11.7. The molecule has 0 aromatic carbocycles. The number of sulfone groups is 1. The molecule has 1 spiro atoms. The zero-order valence-electron chi connectivity index (χ0n) is 15.9. The van der Waals surface area contributed by atoms with E-state index in [0.29, 0.717) is 6.04 Å². The average Bonchev–Trinajstić information content (AvgIpc) is 3.26. The molecule has 0 amide bonds. The highest BCUT2D eigenvalue weighted by Gasteiger charge is 2.52. The second-order valence-corrected chi connectivity index (χ2v) is 10.1. The van der Waals surface area contributed by atoms with Crippen LogP contribution >= 0.6 is 0 Å². The van der Waals surface area contributed by atoms with Crippen LogP contribution in [0, 0.1) is 0 Å². The van der Waals surface area contributed by atoms with Crippen LogP contribution in [0.3, 0.4) is 0 Å². The zero-order valence-corrected chi connectivity index (χ0v) is 16.8. The molecule has 0 bridgehead atoms. The molecular weight excluding hydrogens is 378 g/mol.